The first kappa shape index (κ1) is 18.9. The van der Waals surface area contributed by atoms with Crippen molar-refractivity contribution < 1.29 is 4.79 Å². The van der Waals surface area contributed by atoms with Crippen LogP contribution in [0.3, 0.4) is 0 Å². The van der Waals surface area contributed by atoms with Crippen molar-refractivity contribution in [2.24, 2.45) is 4.99 Å². The molecule has 1 aromatic heterocycles. The number of nitrogens with one attached hydrogen (secondary N) is 1. The van der Waals surface area contributed by atoms with E-state index in [4.69, 9.17) is 0 Å². The van der Waals surface area contributed by atoms with E-state index in [0.29, 0.717) is 13.1 Å². The van der Waals surface area contributed by atoms with E-state index < -0.39 is 0 Å². The summed E-state index contributed by atoms with van der Waals surface area (Å²) >= 11 is 0. The van der Waals surface area contributed by atoms with Crippen molar-refractivity contribution in [1.82, 2.24) is 20.1 Å². The van der Waals surface area contributed by atoms with Gasteiger partial charge in [-0.25, -0.2) is 4.99 Å². The van der Waals surface area contributed by atoms with Gasteiger partial charge in [0.25, 0.3) is 0 Å². The Bertz CT molecular complexity index is 525. The van der Waals surface area contributed by atoms with Gasteiger partial charge < -0.3 is 15.1 Å². The van der Waals surface area contributed by atoms with Crippen LogP contribution < -0.4 is 5.32 Å². The van der Waals surface area contributed by atoms with Gasteiger partial charge in [0.15, 0.2) is 5.96 Å². The molecule has 6 heteroatoms. The number of aromatic nitrogens is 1. The van der Waals surface area contributed by atoms with Gasteiger partial charge in [-0.05, 0) is 39.3 Å². The molecule has 0 atom stereocenters. The van der Waals surface area contributed by atoms with Gasteiger partial charge >= 0.3 is 0 Å². The fourth-order valence-electron chi connectivity index (χ4n) is 2.26. The maximum Gasteiger partial charge on any atom is 0.242 e. The summed E-state index contributed by atoms with van der Waals surface area (Å²) in [5, 5.41) is 3.23. The predicted octanol–water partition coefficient (Wildman–Crippen LogP) is 1.66. The molecule has 1 amide bonds. The van der Waals surface area contributed by atoms with E-state index in [9.17, 15) is 4.79 Å². The highest BCUT2D eigenvalue weighted by Crippen LogP contribution is 2.05. The molecule has 0 spiro atoms. The van der Waals surface area contributed by atoms with E-state index in [-0.39, 0.29) is 5.91 Å². The molecule has 1 heterocycles. The predicted molar refractivity (Wildman–Crippen MR) is 94.3 cm³/mol. The molecule has 0 saturated heterocycles. The zero-order chi connectivity index (χ0) is 17.2. The molecule has 0 saturated carbocycles. The second-order valence-corrected chi connectivity index (χ2v) is 5.36. The van der Waals surface area contributed by atoms with Crippen LogP contribution in [0, 0.1) is 6.92 Å². The number of carbonyl (C=O) groups is 1. The van der Waals surface area contributed by atoms with Crippen LogP contribution in [-0.2, 0) is 11.3 Å². The zero-order valence-corrected chi connectivity index (χ0v) is 15.0. The summed E-state index contributed by atoms with van der Waals surface area (Å²) in [6.45, 7) is 11.0. The topological polar surface area (TPSA) is 60.8 Å². The van der Waals surface area contributed by atoms with Gasteiger partial charge in [-0.15, -0.1) is 0 Å². The number of amides is 1. The molecule has 6 nitrogen and oxygen atoms in total. The quantitative estimate of drug-likeness (QED) is 0.613. The number of carbonyl (C=O) groups excluding carboxylic acids is 1. The van der Waals surface area contributed by atoms with E-state index in [0.717, 1.165) is 36.9 Å². The van der Waals surface area contributed by atoms with Gasteiger partial charge in [0.2, 0.25) is 5.91 Å². The number of nitrogens with zero attached hydrogens (tertiary/aromatic N) is 4. The molecule has 0 aliphatic rings. The van der Waals surface area contributed by atoms with Crippen LogP contribution in [0.15, 0.2) is 23.3 Å². The van der Waals surface area contributed by atoms with Crippen LogP contribution in [0.4, 0.5) is 0 Å². The Morgan fingerprint density at radius 1 is 1.30 bits per heavy atom. The zero-order valence-electron chi connectivity index (χ0n) is 15.0. The first-order chi connectivity index (χ1) is 11.0. The first-order valence-corrected chi connectivity index (χ1v) is 8.21. The van der Waals surface area contributed by atoms with Gasteiger partial charge in [-0.3, -0.25) is 9.78 Å². The third-order valence-electron chi connectivity index (χ3n) is 3.68. The van der Waals surface area contributed by atoms with Crippen molar-refractivity contribution in [3.05, 3.63) is 29.6 Å². The van der Waals surface area contributed by atoms with E-state index in [1.54, 1.807) is 6.20 Å². The molecule has 23 heavy (non-hydrogen) atoms. The van der Waals surface area contributed by atoms with Crippen LogP contribution in [-0.4, -0.2) is 59.9 Å². The highest BCUT2D eigenvalue weighted by molar-refractivity contribution is 5.86. The normalized spacial score (nSPS) is 11.3. The maximum atomic E-state index is 12.2. The van der Waals surface area contributed by atoms with Gasteiger partial charge in [0.1, 0.15) is 0 Å². The lowest BCUT2D eigenvalue weighted by Gasteiger charge is -2.25. The molecule has 0 unspecified atom stereocenters. The fourth-order valence-corrected chi connectivity index (χ4v) is 2.26. The number of rotatable bonds is 7. The number of guanidine groups is 1. The second-order valence-electron chi connectivity index (χ2n) is 5.36. The minimum atomic E-state index is 0.108. The lowest BCUT2D eigenvalue weighted by Crippen LogP contribution is -2.45. The molecule has 0 aliphatic heterocycles. The monoisotopic (exact) mass is 319 g/mol. The summed E-state index contributed by atoms with van der Waals surface area (Å²) in [5.74, 6) is 0.829. The Morgan fingerprint density at radius 3 is 2.57 bits per heavy atom. The molecule has 128 valence electrons. The molecule has 1 rings (SSSR count). The van der Waals surface area contributed by atoms with Crippen molar-refractivity contribution in [3.8, 4) is 0 Å². The Hall–Kier alpha value is -2.11. The van der Waals surface area contributed by atoms with E-state index in [2.05, 4.69) is 15.3 Å². The number of pyridine rings is 1. The van der Waals surface area contributed by atoms with Crippen LogP contribution in [0.25, 0.3) is 0 Å². The minimum Gasteiger partial charge on any atom is -0.357 e. The Labute approximate surface area is 139 Å². The van der Waals surface area contributed by atoms with Crippen molar-refractivity contribution in [1.29, 1.82) is 0 Å². The average Bonchev–Trinajstić information content (AvgIpc) is 2.53. The Kier molecular flexibility index (Phi) is 8.08. The highest BCUT2D eigenvalue weighted by Gasteiger charge is 2.15. The minimum absolute atomic E-state index is 0.108. The van der Waals surface area contributed by atoms with Gasteiger partial charge in [-0.1, -0.05) is 6.07 Å². The maximum absolute atomic E-state index is 12.2. The van der Waals surface area contributed by atoms with Gasteiger partial charge in [0, 0.05) is 32.9 Å². The molecule has 0 aromatic carbocycles. The van der Waals surface area contributed by atoms with E-state index >= 15 is 0 Å². The molecule has 0 bridgehead atoms. The van der Waals surface area contributed by atoms with Crippen LogP contribution in [0.2, 0.25) is 0 Å². The van der Waals surface area contributed by atoms with Crippen LogP contribution in [0.1, 0.15) is 32.0 Å². The first-order valence-electron chi connectivity index (χ1n) is 8.21. The van der Waals surface area contributed by atoms with Crippen molar-refractivity contribution >= 4 is 11.9 Å². The third-order valence-corrected chi connectivity index (χ3v) is 3.68. The van der Waals surface area contributed by atoms with Gasteiger partial charge in [-0.2, -0.15) is 0 Å². The SMILES string of the molecule is CCNC(=NCc1ncccc1C)N(C)CC(=O)N(CC)CC. The molecule has 1 N–H and O–H groups in total. The summed E-state index contributed by atoms with van der Waals surface area (Å²) in [4.78, 5) is 24.9. The fraction of sp³-hybridized carbons (Fsp3) is 0.588. The van der Waals surface area contributed by atoms with Crippen molar-refractivity contribution in [3.63, 3.8) is 0 Å². The Morgan fingerprint density at radius 2 is 2.00 bits per heavy atom. The number of hydrogen-bond donors (Lipinski definition) is 1. The summed E-state index contributed by atoms with van der Waals surface area (Å²) in [5.41, 5.74) is 2.07. The van der Waals surface area contributed by atoms with Crippen LogP contribution in [0.5, 0.6) is 0 Å². The van der Waals surface area contributed by atoms with Gasteiger partial charge in [0.05, 0.1) is 18.8 Å². The van der Waals surface area contributed by atoms with E-state index in [1.807, 2.05) is 56.7 Å². The molecule has 0 fully saturated rings. The number of aliphatic imine (C=N–C) groups is 1. The average molecular weight is 319 g/mol. The molecule has 0 radical (unpaired) electrons. The lowest BCUT2D eigenvalue weighted by molar-refractivity contribution is -0.131. The molecular weight excluding hydrogens is 290 g/mol. The van der Waals surface area contributed by atoms with Crippen LogP contribution >= 0.6 is 0 Å². The number of likely N-dealkylation sites (N-methyl/N-ethyl adjacent to an activating group) is 2. The standard InChI is InChI=1S/C17H29N5O/c1-6-18-17(20-12-15-14(4)10-9-11-19-15)21(5)13-16(23)22(7-2)8-3/h9-11H,6-8,12-13H2,1-5H3,(H,18,20). The number of aryl methyl sites for hydroxylation is 1. The Balaban J connectivity index is 2.78. The smallest absolute Gasteiger partial charge is 0.242 e. The van der Waals surface area contributed by atoms with E-state index in [1.165, 1.54) is 0 Å². The summed E-state index contributed by atoms with van der Waals surface area (Å²) < 4.78 is 0. The molecule has 1 aromatic rings. The summed E-state index contributed by atoms with van der Waals surface area (Å²) in [6, 6.07) is 3.95. The number of hydrogen-bond acceptors (Lipinski definition) is 3. The molecular formula is C17H29N5O. The second kappa shape index (κ2) is 9.82. The van der Waals surface area contributed by atoms with Crippen molar-refractivity contribution in [2.45, 2.75) is 34.2 Å². The summed E-state index contributed by atoms with van der Waals surface area (Å²) in [6.07, 6.45) is 1.78. The third kappa shape index (κ3) is 5.88. The lowest BCUT2D eigenvalue weighted by atomic mass is 10.2. The largest absolute Gasteiger partial charge is 0.357 e. The summed E-state index contributed by atoms with van der Waals surface area (Å²) in [7, 11) is 1.88. The highest BCUT2D eigenvalue weighted by atomic mass is 16.2. The molecule has 0 aliphatic carbocycles. The van der Waals surface area contributed by atoms with Crippen molar-refractivity contribution in [2.75, 3.05) is 33.2 Å².